The van der Waals surface area contributed by atoms with Gasteiger partial charge in [0, 0.05) is 25.5 Å². The van der Waals surface area contributed by atoms with Gasteiger partial charge in [-0.25, -0.2) is 4.79 Å². The first kappa shape index (κ1) is 16.5. The molecule has 2 amide bonds. The highest BCUT2D eigenvalue weighted by Crippen LogP contribution is 2.31. The number of likely N-dealkylation sites (N-methyl/N-ethyl adjacent to an activating group) is 1. The quantitative estimate of drug-likeness (QED) is 0.917. The van der Waals surface area contributed by atoms with Crippen molar-refractivity contribution in [2.24, 2.45) is 0 Å². The molecule has 3 rings (SSSR count). The molecule has 2 aromatic heterocycles. The minimum Gasteiger partial charge on any atom is -0.468 e. The molecular formula is C18H24N4O2. The summed E-state index contributed by atoms with van der Waals surface area (Å²) in [6, 6.07) is 7.91. The van der Waals surface area contributed by atoms with Crippen LogP contribution in [-0.4, -0.2) is 48.0 Å². The Morgan fingerprint density at radius 1 is 1.42 bits per heavy atom. The summed E-state index contributed by atoms with van der Waals surface area (Å²) in [6.45, 7) is 1.30. The van der Waals surface area contributed by atoms with Crippen LogP contribution in [0.3, 0.4) is 0 Å². The van der Waals surface area contributed by atoms with E-state index in [9.17, 15) is 4.79 Å². The number of pyridine rings is 1. The zero-order valence-corrected chi connectivity index (χ0v) is 14.2. The number of nitrogens with one attached hydrogen (secondary N) is 1. The van der Waals surface area contributed by atoms with Gasteiger partial charge in [-0.05, 0) is 56.8 Å². The molecule has 1 aliphatic heterocycles. The molecule has 0 saturated carbocycles. The van der Waals surface area contributed by atoms with Crippen molar-refractivity contribution in [2.75, 3.05) is 27.2 Å². The molecule has 0 radical (unpaired) electrons. The summed E-state index contributed by atoms with van der Waals surface area (Å²) in [5.41, 5.74) is 1.15. The summed E-state index contributed by atoms with van der Waals surface area (Å²) in [6.07, 6.45) is 7.24. The molecule has 128 valence electrons. The molecule has 0 bridgehead atoms. The van der Waals surface area contributed by atoms with E-state index in [2.05, 4.69) is 10.3 Å². The molecule has 0 aromatic carbocycles. The monoisotopic (exact) mass is 328 g/mol. The fourth-order valence-electron chi connectivity index (χ4n) is 3.25. The average molecular weight is 328 g/mol. The summed E-state index contributed by atoms with van der Waals surface area (Å²) in [5, 5.41) is 3.06. The van der Waals surface area contributed by atoms with Crippen molar-refractivity contribution in [1.29, 1.82) is 0 Å². The molecule has 3 heterocycles. The van der Waals surface area contributed by atoms with E-state index in [1.165, 1.54) is 0 Å². The standard InChI is InChI=1S/C18H24N4O2/c1-21(2)16(17-6-4-12-24-17)13-20-18(23)22-11-3-5-15(22)14-7-9-19-10-8-14/h4,6-10,12,15-16H,3,5,11,13H2,1-2H3,(H,20,23)/t15-,16-/m0/s1. The van der Waals surface area contributed by atoms with Gasteiger partial charge in [0.2, 0.25) is 0 Å². The topological polar surface area (TPSA) is 61.6 Å². The highest BCUT2D eigenvalue weighted by Gasteiger charge is 2.30. The van der Waals surface area contributed by atoms with Gasteiger partial charge >= 0.3 is 6.03 Å². The van der Waals surface area contributed by atoms with Crippen LogP contribution in [-0.2, 0) is 0 Å². The van der Waals surface area contributed by atoms with E-state index >= 15 is 0 Å². The fourth-order valence-corrected chi connectivity index (χ4v) is 3.25. The van der Waals surface area contributed by atoms with E-state index in [4.69, 9.17) is 4.42 Å². The molecule has 24 heavy (non-hydrogen) atoms. The molecule has 0 unspecified atom stereocenters. The summed E-state index contributed by atoms with van der Waals surface area (Å²) >= 11 is 0. The van der Waals surface area contributed by atoms with Crippen LogP contribution < -0.4 is 5.32 Å². The van der Waals surface area contributed by atoms with E-state index in [0.29, 0.717) is 6.54 Å². The predicted octanol–water partition coefficient (Wildman–Crippen LogP) is 2.82. The Balaban J connectivity index is 1.64. The maximum absolute atomic E-state index is 12.7. The van der Waals surface area contributed by atoms with Crippen molar-refractivity contribution in [2.45, 2.75) is 24.9 Å². The molecule has 2 aromatic rings. The normalized spacial score (nSPS) is 18.8. The third kappa shape index (κ3) is 3.59. The third-order valence-corrected chi connectivity index (χ3v) is 4.55. The first-order valence-electron chi connectivity index (χ1n) is 8.31. The fraction of sp³-hybridized carbons (Fsp3) is 0.444. The van der Waals surface area contributed by atoms with Gasteiger partial charge in [0.25, 0.3) is 0 Å². The van der Waals surface area contributed by atoms with Crippen molar-refractivity contribution >= 4 is 6.03 Å². The lowest BCUT2D eigenvalue weighted by Crippen LogP contribution is -2.42. The Hall–Kier alpha value is -2.34. The van der Waals surface area contributed by atoms with Gasteiger partial charge in [0.15, 0.2) is 0 Å². The van der Waals surface area contributed by atoms with Gasteiger partial charge in [-0.2, -0.15) is 0 Å². The number of nitrogens with zero attached hydrogens (tertiary/aromatic N) is 3. The van der Waals surface area contributed by atoms with Crippen molar-refractivity contribution in [3.63, 3.8) is 0 Å². The minimum atomic E-state index is -0.0206. The number of urea groups is 1. The zero-order valence-electron chi connectivity index (χ0n) is 14.2. The Labute approximate surface area is 142 Å². The number of amides is 2. The van der Waals surface area contributed by atoms with Gasteiger partial charge in [-0.1, -0.05) is 0 Å². The molecule has 2 atom stereocenters. The number of likely N-dealkylation sites (tertiary alicyclic amines) is 1. The number of rotatable bonds is 5. The largest absolute Gasteiger partial charge is 0.468 e. The zero-order chi connectivity index (χ0) is 16.9. The molecule has 1 saturated heterocycles. The number of hydrogen-bond donors (Lipinski definition) is 1. The van der Waals surface area contributed by atoms with E-state index in [1.54, 1.807) is 18.7 Å². The minimum absolute atomic E-state index is 0.0194. The molecular weight excluding hydrogens is 304 g/mol. The SMILES string of the molecule is CN(C)[C@@H](CNC(=O)N1CCC[C@H]1c1ccncc1)c1ccco1. The predicted molar refractivity (Wildman–Crippen MR) is 91.5 cm³/mol. The summed E-state index contributed by atoms with van der Waals surface area (Å²) in [7, 11) is 3.96. The van der Waals surface area contributed by atoms with Gasteiger partial charge < -0.3 is 14.6 Å². The van der Waals surface area contributed by atoms with Crippen LogP contribution in [0.4, 0.5) is 4.79 Å². The van der Waals surface area contributed by atoms with Gasteiger partial charge in [-0.15, -0.1) is 0 Å². The van der Waals surface area contributed by atoms with Crippen molar-refractivity contribution in [1.82, 2.24) is 20.1 Å². The lowest BCUT2D eigenvalue weighted by atomic mass is 10.1. The van der Waals surface area contributed by atoms with E-state index in [0.717, 1.165) is 30.7 Å². The van der Waals surface area contributed by atoms with Crippen LogP contribution in [0.5, 0.6) is 0 Å². The average Bonchev–Trinajstić information content (AvgIpc) is 3.27. The highest BCUT2D eigenvalue weighted by molar-refractivity contribution is 5.75. The summed E-state index contributed by atoms with van der Waals surface area (Å²) in [4.78, 5) is 20.7. The van der Waals surface area contributed by atoms with Crippen LogP contribution in [0.1, 0.15) is 36.2 Å². The molecule has 6 heteroatoms. The van der Waals surface area contributed by atoms with Crippen molar-refractivity contribution in [3.05, 3.63) is 54.2 Å². The molecule has 6 nitrogen and oxygen atoms in total. The smallest absolute Gasteiger partial charge is 0.317 e. The first-order valence-corrected chi connectivity index (χ1v) is 8.31. The number of hydrogen-bond acceptors (Lipinski definition) is 4. The Morgan fingerprint density at radius 3 is 2.88 bits per heavy atom. The summed E-state index contributed by atoms with van der Waals surface area (Å²) < 4.78 is 5.49. The maximum atomic E-state index is 12.7. The number of carbonyl (C=O) groups is 1. The van der Waals surface area contributed by atoms with Crippen LogP contribution >= 0.6 is 0 Å². The second-order valence-corrected chi connectivity index (χ2v) is 6.31. The highest BCUT2D eigenvalue weighted by atomic mass is 16.3. The van der Waals surface area contributed by atoms with Crippen LogP contribution in [0.25, 0.3) is 0 Å². The van der Waals surface area contributed by atoms with Gasteiger partial charge in [0.1, 0.15) is 5.76 Å². The Kier molecular flexibility index (Phi) is 5.15. The molecule has 0 aliphatic carbocycles. The van der Waals surface area contributed by atoms with Crippen molar-refractivity contribution < 1.29 is 9.21 Å². The number of furan rings is 1. The van der Waals surface area contributed by atoms with Crippen LogP contribution in [0.2, 0.25) is 0 Å². The van der Waals surface area contributed by atoms with Crippen LogP contribution in [0.15, 0.2) is 47.3 Å². The van der Waals surface area contributed by atoms with E-state index in [1.807, 2.05) is 48.2 Å². The second-order valence-electron chi connectivity index (χ2n) is 6.31. The lowest BCUT2D eigenvalue weighted by Gasteiger charge is -2.28. The summed E-state index contributed by atoms with van der Waals surface area (Å²) in [5.74, 6) is 0.854. The van der Waals surface area contributed by atoms with Crippen molar-refractivity contribution in [3.8, 4) is 0 Å². The maximum Gasteiger partial charge on any atom is 0.317 e. The van der Waals surface area contributed by atoms with Gasteiger partial charge in [-0.3, -0.25) is 9.88 Å². The Bertz CT molecular complexity index is 642. The third-order valence-electron chi connectivity index (χ3n) is 4.55. The van der Waals surface area contributed by atoms with Crippen LogP contribution in [0, 0.1) is 0 Å². The molecule has 0 spiro atoms. The second kappa shape index (κ2) is 7.49. The number of carbonyl (C=O) groups excluding carboxylic acids is 1. The van der Waals surface area contributed by atoms with E-state index < -0.39 is 0 Å². The first-order chi connectivity index (χ1) is 11.7. The molecule has 1 N–H and O–H groups in total. The van der Waals surface area contributed by atoms with Gasteiger partial charge in [0.05, 0.1) is 18.3 Å². The molecule has 1 aliphatic rings. The number of aromatic nitrogens is 1. The Morgan fingerprint density at radius 2 is 2.21 bits per heavy atom. The molecule has 1 fully saturated rings. The lowest BCUT2D eigenvalue weighted by molar-refractivity contribution is 0.185. The van der Waals surface area contributed by atoms with E-state index in [-0.39, 0.29) is 18.1 Å².